The van der Waals surface area contributed by atoms with Gasteiger partial charge in [-0.2, -0.15) is 0 Å². The first-order valence-electron chi connectivity index (χ1n) is 10.6. The number of hydrogen-bond donors (Lipinski definition) is 1. The Morgan fingerprint density at radius 2 is 2.21 bits per heavy atom. The summed E-state index contributed by atoms with van der Waals surface area (Å²) in [6.45, 7) is 7.68. The summed E-state index contributed by atoms with van der Waals surface area (Å²) in [6, 6.07) is 3.78. The molecule has 3 heterocycles. The highest BCUT2D eigenvalue weighted by atomic mass is 16.5. The van der Waals surface area contributed by atoms with Crippen LogP contribution in [0.3, 0.4) is 0 Å². The summed E-state index contributed by atoms with van der Waals surface area (Å²) in [5.74, 6) is 1.74. The van der Waals surface area contributed by atoms with Crippen LogP contribution in [0, 0.1) is 0 Å². The summed E-state index contributed by atoms with van der Waals surface area (Å²) < 4.78 is 17.6. The lowest BCUT2D eigenvalue weighted by Gasteiger charge is -2.35. The van der Waals surface area contributed by atoms with Gasteiger partial charge in [0.05, 0.1) is 31.6 Å². The Morgan fingerprint density at radius 3 is 2.93 bits per heavy atom. The van der Waals surface area contributed by atoms with Crippen LogP contribution in [0.5, 0.6) is 5.75 Å². The molecule has 7 nitrogen and oxygen atoms in total. The normalized spacial score (nSPS) is 21.5. The molecule has 156 valence electrons. The van der Waals surface area contributed by atoms with Gasteiger partial charge in [-0.1, -0.05) is 0 Å². The van der Waals surface area contributed by atoms with Crippen molar-refractivity contribution in [2.24, 2.45) is 4.99 Å². The molecule has 3 rings (SSSR count). The molecule has 2 fully saturated rings. The molecule has 0 radical (unpaired) electrons. The van der Waals surface area contributed by atoms with Crippen molar-refractivity contribution >= 4 is 5.96 Å². The molecule has 2 aliphatic rings. The average molecular weight is 391 g/mol. The highest BCUT2D eigenvalue weighted by Crippen LogP contribution is 2.18. The van der Waals surface area contributed by atoms with Gasteiger partial charge in [0, 0.05) is 32.4 Å². The second-order valence-corrected chi connectivity index (χ2v) is 7.28. The van der Waals surface area contributed by atoms with Crippen molar-refractivity contribution < 1.29 is 14.2 Å². The maximum atomic E-state index is 6.12. The number of likely N-dealkylation sites (tertiary alicyclic amines) is 1. The van der Waals surface area contributed by atoms with E-state index in [4.69, 9.17) is 19.2 Å². The van der Waals surface area contributed by atoms with E-state index in [2.05, 4.69) is 22.1 Å². The number of guanidine groups is 1. The van der Waals surface area contributed by atoms with Crippen LogP contribution in [-0.4, -0.2) is 74.1 Å². The molecule has 28 heavy (non-hydrogen) atoms. The second kappa shape index (κ2) is 11.9. The van der Waals surface area contributed by atoms with Crippen LogP contribution in [0.2, 0.25) is 0 Å². The molecule has 1 aromatic rings. The van der Waals surface area contributed by atoms with Gasteiger partial charge in [-0.3, -0.25) is 4.98 Å². The molecular weight excluding hydrogens is 356 g/mol. The second-order valence-electron chi connectivity index (χ2n) is 7.28. The molecule has 1 atom stereocenters. The highest BCUT2D eigenvalue weighted by molar-refractivity contribution is 5.80. The fourth-order valence-corrected chi connectivity index (χ4v) is 3.59. The molecule has 0 aliphatic carbocycles. The van der Waals surface area contributed by atoms with Crippen LogP contribution in [0.25, 0.3) is 0 Å². The van der Waals surface area contributed by atoms with Crippen molar-refractivity contribution in [1.29, 1.82) is 0 Å². The first-order chi connectivity index (χ1) is 13.8. The van der Waals surface area contributed by atoms with E-state index in [1.807, 2.05) is 12.1 Å². The molecule has 0 amide bonds. The van der Waals surface area contributed by atoms with E-state index in [9.17, 15) is 0 Å². The van der Waals surface area contributed by atoms with Crippen LogP contribution in [0.4, 0.5) is 0 Å². The van der Waals surface area contributed by atoms with Gasteiger partial charge >= 0.3 is 0 Å². The molecule has 2 aliphatic heterocycles. The Labute approximate surface area is 168 Å². The Hall–Kier alpha value is -1.86. The van der Waals surface area contributed by atoms with Gasteiger partial charge in [0.1, 0.15) is 12.4 Å². The third-order valence-corrected chi connectivity index (χ3v) is 5.12. The SMILES string of the molecule is CCNC(=NCCOc1cccnc1)N1CCC(OCC2CCCCO2)CC1. The molecule has 0 saturated carbocycles. The average Bonchev–Trinajstić information content (AvgIpc) is 2.76. The maximum absolute atomic E-state index is 6.12. The highest BCUT2D eigenvalue weighted by Gasteiger charge is 2.23. The van der Waals surface area contributed by atoms with Crippen molar-refractivity contribution in [1.82, 2.24) is 15.2 Å². The van der Waals surface area contributed by atoms with E-state index in [-0.39, 0.29) is 0 Å². The van der Waals surface area contributed by atoms with Gasteiger partial charge < -0.3 is 24.4 Å². The minimum Gasteiger partial charge on any atom is -0.490 e. The molecule has 0 aromatic carbocycles. The van der Waals surface area contributed by atoms with E-state index in [1.165, 1.54) is 12.8 Å². The number of hydrogen-bond acceptors (Lipinski definition) is 5. The van der Waals surface area contributed by atoms with Crippen molar-refractivity contribution in [3.63, 3.8) is 0 Å². The Morgan fingerprint density at radius 1 is 1.32 bits per heavy atom. The van der Waals surface area contributed by atoms with Crippen molar-refractivity contribution in [2.75, 3.05) is 46.0 Å². The fourth-order valence-electron chi connectivity index (χ4n) is 3.59. The molecular formula is C21H34N4O3. The van der Waals surface area contributed by atoms with Crippen molar-refractivity contribution in [3.05, 3.63) is 24.5 Å². The molecule has 0 spiro atoms. The summed E-state index contributed by atoms with van der Waals surface area (Å²) in [7, 11) is 0. The summed E-state index contributed by atoms with van der Waals surface area (Å²) >= 11 is 0. The number of nitrogens with one attached hydrogen (secondary N) is 1. The van der Waals surface area contributed by atoms with Gasteiger partial charge in [-0.15, -0.1) is 0 Å². The molecule has 0 bridgehead atoms. The number of piperidine rings is 1. The third-order valence-electron chi connectivity index (χ3n) is 5.12. The van der Waals surface area contributed by atoms with E-state index < -0.39 is 0 Å². The lowest BCUT2D eigenvalue weighted by molar-refractivity contribution is -0.0721. The van der Waals surface area contributed by atoms with Crippen molar-refractivity contribution in [2.45, 2.75) is 51.2 Å². The summed E-state index contributed by atoms with van der Waals surface area (Å²) in [5.41, 5.74) is 0. The lowest BCUT2D eigenvalue weighted by Crippen LogP contribution is -2.47. The van der Waals surface area contributed by atoms with Crippen LogP contribution in [0.1, 0.15) is 39.0 Å². The minimum atomic E-state index is 0.297. The number of ether oxygens (including phenoxy) is 3. The topological polar surface area (TPSA) is 68.2 Å². The Balaban J connectivity index is 1.38. The van der Waals surface area contributed by atoms with Crippen LogP contribution < -0.4 is 10.1 Å². The first kappa shape index (κ1) is 20.9. The fraction of sp³-hybridized carbons (Fsp3) is 0.714. The Bertz CT molecular complexity index is 570. The number of rotatable bonds is 8. The molecule has 2 saturated heterocycles. The number of aromatic nitrogens is 1. The molecule has 7 heteroatoms. The van der Waals surface area contributed by atoms with Crippen LogP contribution in [0.15, 0.2) is 29.5 Å². The van der Waals surface area contributed by atoms with Crippen molar-refractivity contribution in [3.8, 4) is 5.75 Å². The largest absolute Gasteiger partial charge is 0.490 e. The van der Waals surface area contributed by atoms with Crippen LogP contribution >= 0.6 is 0 Å². The van der Waals surface area contributed by atoms with Gasteiger partial charge in [-0.05, 0) is 51.2 Å². The minimum absolute atomic E-state index is 0.297. The molecule has 1 N–H and O–H groups in total. The van der Waals surface area contributed by atoms with Gasteiger partial charge in [-0.25, -0.2) is 4.99 Å². The summed E-state index contributed by atoms with van der Waals surface area (Å²) in [5, 5.41) is 3.40. The predicted molar refractivity (Wildman–Crippen MR) is 110 cm³/mol. The third kappa shape index (κ3) is 6.95. The first-order valence-corrected chi connectivity index (χ1v) is 10.6. The van der Waals surface area contributed by atoms with Gasteiger partial charge in [0.25, 0.3) is 0 Å². The van der Waals surface area contributed by atoms with Crippen LogP contribution in [-0.2, 0) is 9.47 Å². The monoisotopic (exact) mass is 390 g/mol. The van der Waals surface area contributed by atoms with E-state index in [0.717, 1.165) is 63.8 Å². The quantitative estimate of drug-likeness (QED) is 0.418. The zero-order valence-corrected chi connectivity index (χ0v) is 17.0. The van der Waals surface area contributed by atoms with Gasteiger partial charge in [0.2, 0.25) is 0 Å². The smallest absolute Gasteiger partial charge is 0.194 e. The van der Waals surface area contributed by atoms with E-state index in [1.54, 1.807) is 12.4 Å². The lowest BCUT2D eigenvalue weighted by atomic mass is 10.1. The van der Waals surface area contributed by atoms with Gasteiger partial charge in [0.15, 0.2) is 5.96 Å². The molecule has 1 unspecified atom stereocenters. The maximum Gasteiger partial charge on any atom is 0.194 e. The predicted octanol–water partition coefficient (Wildman–Crippen LogP) is 2.48. The summed E-state index contributed by atoms with van der Waals surface area (Å²) in [6.07, 6.45) is 9.74. The number of nitrogens with zero attached hydrogens (tertiary/aromatic N) is 3. The zero-order valence-electron chi connectivity index (χ0n) is 17.0. The Kier molecular flexibility index (Phi) is 8.84. The van der Waals surface area contributed by atoms with E-state index >= 15 is 0 Å². The molecule has 1 aromatic heterocycles. The summed E-state index contributed by atoms with van der Waals surface area (Å²) in [4.78, 5) is 11.1. The van der Waals surface area contributed by atoms with E-state index in [0.29, 0.717) is 25.4 Å². The zero-order chi connectivity index (χ0) is 19.4. The standard InChI is InChI=1S/C21H34N4O3/c1-2-23-21(24-11-15-27-19-7-5-10-22-16-19)25-12-8-18(9-13-25)28-17-20-6-3-4-14-26-20/h5,7,10,16,18,20H,2-4,6,8-9,11-15,17H2,1H3,(H,23,24). The number of pyridine rings is 1. The number of aliphatic imine (C=N–C) groups is 1.